The van der Waals surface area contributed by atoms with Gasteiger partial charge in [-0.2, -0.15) is 0 Å². The molecule has 5 heteroatoms. The summed E-state index contributed by atoms with van der Waals surface area (Å²) in [4.78, 5) is 5.44. The normalized spacial score (nSPS) is 10.5. The summed E-state index contributed by atoms with van der Waals surface area (Å²) in [6.07, 6.45) is 1.42. The molecular formula is C14H14F2N2O. The van der Waals surface area contributed by atoms with Crippen LogP contribution in [0.3, 0.4) is 0 Å². The van der Waals surface area contributed by atoms with Gasteiger partial charge in [-0.3, -0.25) is 0 Å². The van der Waals surface area contributed by atoms with Gasteiger partial charge in [-0.1, -0.05) is 18.2 Å². The maximum Gasteiger partial charge on any atom is 0.171 e. The number of rotatable bonds is 4. The van der Waals surface area contributed by atoms with Crippen LogP contribution in [0.15, 0.2) is 36.5 Å². The zero-order chi connectivity index (χ0) is 13.8. The number of hydrogen-bond donors (Lipinski definition) is 1. The first-order chi connectivity index (χ1) is 9.13. The number of aliphatic hydroxyl groups excluding tert-OH is 1. The molecule has 3 nitrogen and oxygen atoms in total. The molecule has 1 heterocycles. The maximum absolute atomic E-state index is 14.0. The molecule has 1 N–H and O–H groups in total. The highest BCUT2D eigenvalue weighted by Crippen LogP contribution is 2.20. The first-order valence-electron chi connectivity index (χ1n) is 5.82. The summed E-state index contributed by atoms with van der Waals surface area (Å²) in [7, 11) is 1.62. The van der Waals surface area contributed by atoms with Gasteiger partial charge in [0.1, 0.15) is 5.82 Å². The molecular weight excluding hydrogens is 250 g/mol. The van der Waals surface area contributed by atoms with Crippen molar-refractivity contribution in [1.82, 2.24) is 4.98 Å². The van der Waals surface area contributed by atoms with Crippen molar-refractivity contribution in [2.45, 2.75) is 13.2 Å². The van der Waals surface area contributed by atoms with E-state index in [2.05, 4.69) is 4.98 Å². The van der Waals surface area contributed by atoms with Gasteiger partial charge in [0.2, 0.25) is 0 Å². The zero-order valence-corrected chi connectivity index (χ0v) is 10.5. The van der Waals surface area contributed by atoms with Gasteiger partial charge in [-0.15, -0.1) is 0 Å². The third-order valence-corrected chi connectivity index (χ3v) is 2.85. The van der Waals surface area contributed by atoms with Crippen molar-refractivity contribution in [3.05, 3.63) is 59.3 Å². The molecule has 0 bridgehead atoms. The maximum atomic E-state index is 14.0. The van der Waals surface area contributed by atoms with Crippen LogP contribution in [0.25, 0.3) is 0 Å². The molecule has 2 aromatic rings. The van der Waals surface area contributed by atoms with Crippen LogP contribution in [-0.4, -0.2) is 17.1 Å². The van der Waals surface area contributed by atoms with E-state index in [-0.39, 0.29) is 23.7 Å². The number of aliphatic hydroxyl groups is 1. The number of pyridine rings is 1. The Morgan fingerprint density at radius 2 is 1.89 bits per heavy atom. The van der Waals surface area contributed by atoms with Gasteiger partial charge in [0.15, 0.2) is 11.6 Å². The van der Waals surface area contributed by atoms with Crippen LogP contribution >= 0.6 is 0 Å². The van der Waals surface area contributed by atoms with Crippen molar-refractivity contribution in [1.29, 1.82) is 0 Å². The minimum atomic E-state index is -0.580. The lowest BCUT2D eigenvalue weighted by Crippen LogP contribution is -2.20. The van der Waals surface area contributed by atoms with E-state index in [1.54, 1.807) is 25.2 Å². The molecule has 19 heavy (non-hydrogen) atoms. The first kappa shape index (κ1) is 13.4. The fourth-order valence-electron chi connectivity index (χ4n) is 1.82. The Morgan fingerprint density at radius 3 is 2.58 bits per heavy atom. The SMILES string of the molecule is CN(Cc1ccccc1F)c1nccc(CO)c1F. The van der Waals surface area contributed by atoms with Crippen molar-refractivity contribution >= 4 is 5.82 Å². The molecule has 2 rings (SSSR count). The van der Waals surface area contributed by atoms with Gasteiger partial charge in [-0.25, -0.2) is 13.8 Å². The first-order valence-corrected chi connectivity index (χ1v) is 5.82. The molecule has 100 valence electrons. The van der Waals surface area contributed by atoms with Crippen LogP contribution in [-0.2, 0) is 13.2 Å². The summed E-state index contributed by atoms with van der Waals surface area (Å²) >= 11 is 0. The zero-order valence-electron chi connectivity index (χ0n) is 10.5. The van der Waals surface area contributed by atoms with E-state index in [4.69, 9.17) is 5.11 Å². The number of benzene rings is 1. The lowest BCUT2D eigenvalue weighted by Gasteiger charge is -2.19. The van der Waals surface area contributed by atoms with E-state index >= 15 is 0 Å². The molecule has 0 saturated carbocycles. The van der Waals surface area contributed by atoms with Gasteiger partial charge >= 0.3 is 0 Å². The summed E-state index contributed by atoms with van der Waals surface area (Å²) in [5.41, 5.74) is 0.631. The Balaban J connectivity index is 2.26. The van der Waals surface area contributed by atoms with E-state index < -0.39 is 12.4 Å². The topological polar surface area (TPSA) is 36.4 Å². The average molecular weight is 264 g/mol. The van der Waals surface area contributed by atoms with Gasteiger partial charge in [0, 0.05) is 30.9 Å². The van der Waals surface area contributed by atoms with Gasteiger partial charge in [0.25, 0.3) is 0 Å². The smallest absolute Gasteiger partial charge is 0.171 e. The highest BCUT2D eigenvalue weighted by atomic mass is 19.1. The average Bonchev–Trinajstić information content (AvgIpc) is 2.41. The molecule has 1 aromatic carbocycles. The van der Waals surface area contributed by atoms with Crippen LogP contribution in [0.5, 0.6) is 0 Å². The molecule has 0 fully saturated rings. The highest BCUT2D eigenvalue weighted by molar-refractivity contribution is 5.43. The van der Waals surface area contributed by atoms with E-state index in [0.717, 1.165) is 0 Å². The Bertz CT molecular complexity index is 575. The van der Waals surface area contributed by atoms with Crippen LogP contribution < -0.4 is 4.90 Å². The molecule has 0 amide bonds. The van der Waals surface area contributed by atoms with Gasteiger partial charge < -0.3 is 10.0 Å². The molecule has 0 aliphatic carbocycles. The van der Waals surface area contributed by atoms with Crippen molar-refractivity contribution in [2.24, 2.45) is 0 Å². The number of halogens is 2. The Kier molecular flexibility index (Phi) is 4.06. The fourth-order valence-corrected chi connectivity index (χ4v) is 1.82. The number of aromatic nitrogens is 1. The lowest BCUT2D eigenvalue weighted by atomic mass is 10.2. The monoisotopic (exact) mass is 264 g/mol. The Hall–Kier alpha value is -2.01. The van der Waals surface area contributed by atoms with E-state index in [9.17, 15) is 8.78 Å². The molecule has 1 aromatic heterocycles. The molecule has 0 radical (unpaired) electrons. The summed E-state index contributed by atoms with van der Waals surface area (Å²) in [6, 6.07) is 7.73. The van der Waals surface area contributed by atoms with E-state index in [0.29, 0.717) is 5.56 Å². The molecule has 0 saturated heterocycles. The standard InChI is InChI=1S/C14H14F2N2O/c1-18(8-10-4-2-3-5-12(10)15)14-13(16)11(9-19)6-7-17-14/h2-7,19H,8-9H2,1H3. The second kappa shape index (κ2) is 5.75. The molecule has 0 aliphatic rings. The summed E-state index contributed by atoms with van der Waals surface area (Å²) in [6.45, 7) is -0.194. The summed E-state index contributed by atoms with van der Waals surface area (Å²) in [5, 5.41) is 9.01. The predicted molar refractivity (Wildman–Crippen MR) is 68.6 cm³/mol. The molecule has 0 unspecified atom stereocenters. The van der Waals surface area contributed by atoms with Gasteiger partial charge in [-0.05, 0) is 12.1 Å². The van der Waals surface area contributed by atoms with Crippen molar-refractivity contribution in [3.63, 3.8) is 0 Å². The minimum Gasteiger partial charge on any atom is -0.392 e. The molecule has 0 atom stereocenters. The lowest BCUT2D eigenvalue weighted by molar-refractivity contribution is 0.275. The third-order valence-electron chi connectivity index (χ3n) is 2.85. The number of hydrogen-bond acceptors (Lipinski definition) is 3. The van der Waals surface area contributed by atoms with Crippen molar-refractivity contribution in [3.8, 4) is 0 Å². The highest BCUT2D eigenvalue weighted by Gasteiger charge is 2.14. The van der Waals surface area contributed by atoms with Crippen molar-refractivity contribution in [2.75, 3.05) is 11.9 Å². The van der Waals surface area contributed by atoms with Crippen LogP contribution in [0.1, 0.15) is 11.1 Å². The molecule has 0 aliphatic heterocycles. The predicted octanol–water partition coefficient (Wildman–Crippen LogP) is 2.49. The van der Waals surface area contributed by atoms with Crippen LogP contribution in [0, 0.1) is 11.6 Å². The number of anilines is 1. The fraction of sp³-hybridized carbons (Fsp3) is 0.214. The second-order valence-electron chi connectivity index (χ2n) is 4.21. The van der Waals surface area contributed by atoms with Crippen molar-refractivity contribution < 1.29 is 13.9 Å². The Morgan fingerprint density at radius 1 is 1.16 bits per heavy atom. The minimum absolute atomic E-state index is 0.0924. The van der Waals surface area contributed by atoms with Crippen LogP contribution in [0.4, 0.5) is 14.6 Å². The van der Waals surface area contributed by atoms with Gasteiger partial charge in [0.05, 0.1) is 6.61 Å². The summed E-state index contributed by atoms with van der Waals surface area (Å²) < 4.78 is 27.5. The quantitative estimate of drug-likeness (QED) is 0.921. The molecule has 0 spiro atoms. The largest absolute Gasteiger partial charge is 0.392 e. The van der Waals surface area contributed by atoms with E-state index in [1.165, 1.54) is 23.2 Å². The van der Waals surface area contributed by atoms with Crippen LogP contribution in [0.2, 0.25) is 0 Å². The third kappa shape index (κ3) is 2.88. The second-order valence-corrected chi connectivity index (χ2v) is 4.21. The Labute approximate surface area is 110 Å². The summed E-state index contributed by atoms with van der Waals surface area (Å²) in [5.74, 6) is -0.827. The van der Waals surface area contributed by atoms with E-state index in [1.807, 2.05) is 0 Å². The number of nitrogens with zero attached hydrogens (tertiary/aromatic N) is 2.